The van der Waals surface area contributed by atoms with Crippen molar-refractivity contribution in [2.24, 2.45) is 5.92 Å². The Balaban J connectivity index is 1.20. The van der Waals surface area contributed by atoms with E-state index < -0.39 is 6.10 Å². The first-order valence-electron chi connectivity index (χ1n) is 8.84. The monoisotopic (exact) mass is 433 g/mol. The molecule has 3 atom stereocenters. The first-order chi connectivity index (χ1) is 13.1. The summed E-state index contributed by atoms with van der Waals surface area (Å²) >= 11 is 3.46. The first-order valence-corrected chi connectivity index (χ1v) is 9.63. The molecule has 1 amide bonds. The number of aliphatic hydroxyl groups excluding tert-OH is 1. The number of nitrogens with one attached hydrogen (secondary N) is 1. The van der Waals surface area contributed by atoms with Crippen molar-refractivity contribution in [1.82, 2.24) is 5.32 Å². The minimum absolute atomic E-state index is 0.0258. The van der Waals surface area contributed by atoms with Crippen LogP contribution in [0.25, 0.3) is 0 Å². The van der Waals surface area contributed by atoms with Gasteiger partial charge >= 0.3 is 0 Å². The molecule has 2 aromatic carbocycles. The summed E-state index contributed by atoms with van der Waals surface area (Å²) in [5, 5.41) is 12.9. The molecular weight excluding hydrogens is 414 g/mol. The van der Waals surface area contributed by atoms with Crippen LogP contribution in [0, 0.1) is 5.92 Å². The van der Waals surface area contributed by atoms with Gasteiger partial charge < -0.3 is 24.6 Å². The molecule has 0 bridgehead atoms. The molecule has 2 aliphatic rings. The lowest BCUT2D eigenvalue weighted by molar-refractivity contribution is -0.122. The average molecular weight is 434 g/mol. The number of amides is 1. The highest BCUT2D eigenvalue weighted by Crippen LogP contribution is 2.47. The van der Waals surface area contributed by atoms with E-state index in [1.54, 1.807) is 18.2 Å². The molecule has 1 saturated carbocycles. The molecule has 0 radical (unpaired) electrons. The van der Waals surface area contributed by atoms with Crippen LogP contribution in [-0.2, 0) is 4.79 Å². The summed E-state index contributed by atoms with van der Waals surface area (Å²) in [5.41, 5.74) is 1.16. The summed E-state index contributed by atoms with van der Waals surface area (Å²) in [6.07, 6.45) is 0.0500. The van der Waals surface area contributed by atoms with Crippen molar-refractivity contribution < 1.29 is 24.1 Å². The number of ether oxygens (including phenoxy) is 3. The normalized spacial score (nSPS) is 20.8. The minimum atomic E-state index is -0.789. The van der Waals surface area contributed by atoms with E-state index in [9.17, 15) is 9.90 Å². The molecule has 1 heterocycles. The summed E-state index contributed by atoms with van der Waals surface area (Å²) in [6.45, 7) is 0.445. The largest absolute Gasteiger partial charge is 0.491 e. The maximum Gasteiger partial charge on any atom is 0.231 e. The van der Waals surface area contributed by atoms with E-state index in [4.69, 9.17) is 14.2 Å². The first kappa shape index (κ1) is 18.1. The Bertz CT molecular complexity index is 843. The third-order valence-electron chi connectivity index (χ3n) is 4.70. The van der Waals surface area contributed by atoms with E-state index in [0.29, 0.717) is 17.2 Å². The second-order valence-corrected chi connectivity index (χ2v) is 7.64. The molecule has 6 nitrogen and oxygen atoms in total. The highest BCUT2D eigenvalue weighted by molar-refractivity contribution is 9.10. The zero-order valence-electron chi connectivity index (χ0n) is 14.6. The number of benzene rings is 2. The average Bonchev–Trinajstić information content (AvgIpc) is 3.34. The number of carbonyl (C=O) groups excluding carboxylic acids is 1. The Morgan fingerprint density at radius 3 is 2.96 bits per heavy atom. The molecule has 0 saturated heterocycles. The fourth-order valence-electron chi connectivity index (χ4n) is 3.16. The maximum atomic E-state index is 12.3. The Morgan fingerprint density at radius 2 is 2.11 bits per heavy atom. The van der Waals surface area contributed by atoms with Crippen LogP contribution >= 0.6 is 15.9 Å². The van der Waals surface area contributed by atoms with Crippen LogP contribution in [0.1, 0.15) is 17.9 Å². The Hall–Kier alpha value is -2.25. The standard InChI is InChI=1S/C20H20BrNO5/c21-13-3-1-2-12(6-13)16-8-17(16)20(24)22-9-14(23)10-25-15-4-5-18-19(7-15)27-11-26-18/h1-7,14,16-17,23H,8-11H2,(H,22,24). The molecule has 4 rings (SSSR count). The zero-order valence-corrected chi connectivity index (χ0v) is 16.1. The summed E-state index contributed by atoms with van der Waals surface area (Å²) in [5.74, 6) is 2.09. The number of hydrogen-bond acceptors (Lipinski definition) is 5. The van der Waals surface area contributed by atoms with Crippen LogP contribution in [-0.4, -0.2) is 37.1 Å². The van der Waals surface area contributed by atoms with Gasteiger partial charge in [0.1, 0.15) is 18.5 Å². The van der Waals surface area contributed by atoms with Gasteiger partial charge in [0.05, 0.1) is 0 Å². The number of aliphatic hydroxyl groups is 1. The van der Waals surface area contributed by atoms with Gasteiger partial charge in [0, 0.05) is 23.0 Å². The fraction of sp³-hybridized carbons (Fsp3) is 0.350. The number of halogens is 1. The summed E-state index contributed by atoms with van der Waals surface area (Å²) in [6, 6.07) is 13.3. The van der Waals surface area contributed by atoms with Gasteiger partial charge in [0.2, 0.25) is 12.7 Å². The molecular formula is C20H20BrNO5. The SMILES string of the molecule is O=C(NCC(O)COc1ccc2c(c1)OCO2)C1CC1c1cccc(Br)c1. The van der Waals surface area contributed by atoms with Crippen LogP contribution in [0.5, 0.6) is 17.2 Å². The highest BCUT2D eigenvalue weighted by atomic mass is 79.9. The van der Waals surface area contributed by atoms with Gasteiger partial charge in [-0.15, -0.1) is 0 Å². The van der Waals surface area contributed by atoms with Crippen LogP contribution in [0.3, 0.4) is 0 Å². The van der Waals surface area contributed by atoms with Crippen LogP contribution in [0.4, 0.5) is 0 Å². The summed E-state index contributed by atoms with van der Waals surface area (Å²) < 4.78 is 17.1. The van der Waals surface area contributed by atoms with Crippen LogP contribution in [0.15, 0.2) is 46.9 Å². The van der Waals surface area contributed by atoms with Gasteiger partial charge in [0.25, 0.3) is 0 Å². The van der Waals surface area contributed by atoms with Crippen LogP contribution < -0.4 is 19.5 Å². The Labute approximate surface area is 165 Å². The highest BCUT2D eigenvalue weighted by Gasteiger charge is 2.43. The molecule has 3 unspecified atom stereocenters. The third kappa shape index (κ3) is 4.36. The second-order valence-electron chi connectivity index (χ2n) is 6.73. The predicted octanol–water partition coefficient (Wildman–Crippen LogP) is 2.84. The molecule has 1 fully saturated rings. The lowest BCUT2D eigenvalue weighted by Crippen LogP contribution is -2.36. The van der Waals surface area contributed by atoms with Crippen molar-refractivity contribution in [2.45, 2.75) is 18.4 Å². The smallest absolute Gasteiger partial charge is 0.231 e. The van der Waals surface area contributed by atoms with Crippen molar-refractivity contribution in [1.29, 1.82) is 0 Å². The quantitative estimate of drug-likeness (QED) is 0.701. The molecule has 2 aromatic rings. The van der Waals surface area contributed by atoms with Crippen molar-refractivity contribution in [3.05, 3.63) is 52.5 Å². The van der Waals surface area contributed by atoms with Gasteiger partial charge in [-0.05, 0) is 42.2 Å². The molecule has 0 spiro atoms. The molecule has 7 heteroatoms. The van der Waals surface area contributed by atoms with Crippen LogP contribution in [0.2, 0.25) is 0 Å². The van der Waals surface area contributed by atoms with Gasteiger partial charge in [0.15, 0.2) is 11.5 Å². The molecule has 142 valence electrons. The lowest BCUT2D eigenvalue weighted by atomic mass is 10.1. The number of fused-ring (bicyclic) bond motifs is 1. The number of rotatable bonds is 7. The van der Waals surface area contributed by atoms with Crippen molar-refractivity contribution >= 4 is 21.8 Å². The van der Waals surface area contributed by atoms with Gasteiger partial charge in [-0.1, -0.05) is 28.1 Å². The topological polar surface area (TPSA) is 77.0 Å². The zero-order chi connectivity index (χ0) is 18.8. The number of carbonyl (C=O) groups is 1. The summed E-state index contributed by atoms with van der Waals surface area (Å²) in [4.78, 5) is 12.3. The Morgan fingerprint density at radius 1 is 1.26 bits per heavy atom. The van der Waals surface area contributed by atoms with E-state index in [1.807, 2.05) is 24.3 Å². The van der Waals surface area contributed by atoms with Crippen molar-refractivity contribution in [2.75, 3.05) is 19.9 Å². The Kier molecular flexibility index (Phi) is 5.22. The van der Waals surface area contributed by atoms with Gasteiger partial charge in [-0.2, -0.15) is 0 Å². The third-order valence-corrected chi connectivity index (χ3v) is 5.20. The lowest BCUT2D eigenvalue weighted by Gasteiger charge is -2.13. The van der Waals surface area contributed by atoms with Crippen molar-refractivity contribution in [3.63, 3.8) is 0 Å². The van der Waals surface area contributed by atoms with Crippen molar-refractivity contribution in [3.8, 4) is 17.2 Å². The fourth-order valence-corrected chi connectivity index (χ4v) is 3.57. The van der Waals surface area contributed by atoms with E-state index >= 15 is 0 Å². The van der Waals surface area contributed by atoms with E-state index in [-0.39, 0.29) is 37.7 Å². The second kappa shape index (κ2) is 7.78. The van der Waals surface area contributed by atoms with E-state index in [0.717, 1.165) is 16.5 Å². The molecule has 1 aliphatic heterocycles. The van der Waals surface area contributed by atoms with Gasteiger partial charge in [-0.25, -0.2) is 0 Å². The molecule has 27 heavy (non-hydrogen) atoms. The number of hydrogen-bond donors (Lipinski definition) is 2. The van der Waals surface area contributed by atoms with Gasteiger partial charge in [-0.3, -0.25) is 4.79 Å². The predicted molar refractivity (Wildman–Crippen MR) is 102 cm³/mol. The van der Waals surface area contributed by atoms with E-state index in [1.165, 1.54) is 0 Å². The minimum Gasteiger partial charge on any atom is -0.491 e. The summed E-state index contributed by atoms with van der Waals surface area (Å²) in [7, 11) is 0. The maximum absolute atomic E-state index is 12.3. The molecule has 1 aliphatic carbocycles. The molecule has 2 N–H and O–H groups in total. The molecule has 0 aromatic heterocycles. The van der Waals surface area contributed by atoms with E-state index in [2.05, 4.69) is 21.2 Å².